The van der Waals surface area contributed by atoms with E-state index in [9.17, 15) is 19.4 Å². The van der Waals surface area contributed by atoms with E-state index in [4.69, 9.17) is 40.4 Å². The Kier molecular flexibility index (Phi) is 7.45. The maximum absolute atomic E-state index is 16.1. The molecule has 4 aromatic heterocycles. The molecule has 0 amide bonds. The molecule has 10 atom stereocenters. The normalized spacial score (nSPS) is 38.0. The zero-order valence-corrected chi connectivity index (χ0v) is 25.9. The van der Waals surface area contributed by atoms with Crippen molar-refractivity contribution < 1.29 is 41.8 Å². The Bertz CT molecular complexity index is 1930. The Morgan fingerprint density at radius 1 is 1.07 bits per heavy atom. The van der Waals surface area contributed by atoms with E-state index in [1.807, 2.05) is 0 Å². The number of nitrogens with two attached hydrogens (primary N) is 1. The van der Waals surface area contributed by atoms with Crippen LogP contribution in [0, 0.1) is 0 Å². The van der Waals surface area contributed by atoms with E-state index in [0.29, 0.717) is 5.65 Å². The number of anilines is 1. The van der Waals surface area contributed by atoms with Crippen LogP contribution in [0.5, 0.6) is 0 Å². The number of hydrogen-bond acceptors (Lipinski definition) is 15. The summed E-state index contributed by atoms with van der Waals surface area (Å²) in [6.07, 6.45) is -5.45. The van der Waals surface area contributed by atoms with Gasteiger partial charge in [-0.3, -0.25) is 22.9 Å². The fourth-order valence-corrected chi connectivity index (χ4v) is 9.04. The molecule has 2 unspecified atom stereocenters. The molecule has 3 aliphatic rings. The summed E-state index contributed by atoms with van der Waals surface area (Å²) in [6, 6.07) is -0.870. The predicted octanol–water partition coefficient (Wildman–Crippen LogP) is 0.534. The third kappa shape index (κ3) is 5.09. The van der Waals surface area contributed by atoms with Gasteiger partial charge < -0.3 is 34.1 Å². The van der Waals surface area contributed by atoms with Crippen molar-refractivity contribution in [3.05, 3.63) is 35.7 Å². The number of fused-ring (bicyclic) bond motifs is 5. The van der Waals surface area contributed by atoms with E-state index in [1.54, 1.807) is 7.05 Å². The maximum Gasteiger partial charge on any atom is 0.386 e. The number of aliphatic hydroxyl groups excluding tert-OH is 1. The van der Waals surface area contributed by atoms with Gasteiger partial charge in [0.25, 0.3) is 0 Å². The molecule has 44 heavy (non-hydrogen) atoms. The van der Waals surface area contributed by atoms with Gasteiger partial charge >= 0.3 is 19.1 Å². The van der Waals surface area contributed by atoms with E-state index in [-0.39, 0.29) is 28.9 Å². The summed E-state index contributed by atoms with van der Waals surface area (Å²) in [5.41, 5.74) is 6.00. The summed E-state index contributed by atoms with van der Waals surface area (Å²) in [5, 5.41) is 11.3. The first kappa shape index (κ1) is 30.2. The van der Waals surface area contributed by atoms with Crippen LogP contribution in [-0.2, 0) is 46.3 Å². The van der Waals surface area contributed by atoms with Crippen molar-refractivity contribution in [2.45, 2.75) is 55.4 Å². The fourth-order valence-electron chi connectivity index (χ4n) is 5.75. The quantitative estimate of drug-likeness (QED) is 0.166. The lowest BCUT2D eigenvalue weighted by Crippen LogP contribution is -2.37. The molecule has 23 heteroatoms. The number of aryl methyl sites for hydroxylation is 1. The zero-order valence-electron chi connectivity index (χ0n) is 22.4. The Balaban J connectivity index is 1.22. The van der Waals surface area contributed by atoms with Gasteiger partial charge in [-0.1, -0.05) is 12.2 Å². The lowest BCUT2D eigenvalue weighted by atomic mass is 10.1. The minimum absolute atomic E-state index is 0.0415. The number of nitrogen functional groups attached to an aromatic ring is 1. The van der Waals surface area contributed by atoms with Crippen molar-refractivity contribution in [3.8, 4) is 0 Å². The van der Waals surface area contributed by atoms with Gasteiger partial charge in [-0.15, -0.1) is 0 Å². The summed E-state index contributed by atoms with van der Waals surface area (Å²) in [4.78, 5) is 43.4. The first-order valence-electron chi connectivity index (χ1n) is 13.0. The highest BCUT2D eigenvalue weighted by Crippen LogP contribution is 2.60. The molecule has 7 rings (SSSR count). The third-order valence-electron chi connectivity index (χ3n) is 7.69. The standard InChI is InChI=1S/C21H24FN9O9P2S2/c1-29-5-28-19(33)13-20(29)30(6-27-13)8-2-9-14(32)15(8)39-41(34,43)36-3-10-16(40-42(35,44)38-9)11(22)21(37-10)31-7-26-12-17(23)24-4-25-18(12)31/h4-11,14-16,21,32H,2-3H2,1H3,(H,34,43)(H,35,44)(H2,23,24,25)/t8-,9+,10-,11-,14-,15+,16-,21-,41?,42?/m1/s1. The molecule has 1 saturated carbocycles. The molecule has 1 aliphatic carbocycles. The van der Waals surface area contributed by atoms with Gasteiger partial charge in [0.05, 0.1) is 31.4 Å². The van der Waals surface area contributed by atoms with Crippen molar-refractivity contribution in [2.24, 2.45) is 7.05 Å². The van der Waals surface area contributed by atoms with E-state index >= 15 is 4.39 Å². The fraction of sp³-hybridized carbons (Fsp3) is 0.524. The number of aromatic nitrogens is 8. The molecule has 4 aromatic rings. The number of rotatable bonds is 2. The lowest BCUT2D eigenvalue weighted by Gasteiger charge is -2.30. The predicted molar refractivity (Wildman–Crippen MR) is 155 cm³/mol. The summed E-state index contributed by atoms with van der Waals surface area (Å²) in [6.45, 7) is -9.19. The smallest absolute Gasteiger partial charge is 0.386 e. The number of hydrogen-bond donors (Lipinski definition) is 4. The van der Waals surface area contributed by atoms with Crippen molar-refractivity contribution in [2.75, 3.05) is 12.3 Å². The molecule has 2 aliphatic heterocycles. The van der Waals surface area contributed by atoms with E-state index < -0.39 is 74.6 Å². The number of nitrogens with zero attached hydrogens (tertiary/aromatic N) is 8. The van der Waals surface area contributed by atoms with Crippen molar-refractivity contribution in [1.29, 1.82) is 0 Å². The lowest BCUT2D eigenvalue weighted by molar-refractivity contribution is -0.0539. The van der Waals surface area contributed by atoms with Crippen LogP contribution in [0.4, 0.5) is 10.2 Å². The van der Waals surface area contributed by atoms with Crippen LogP contribution < -0.4 is 11.3 Å². The molecule has 0 aromatic carbocycles. The number of alkyl halides is 1. The van der Waals surface area contributed by atoms with E-state index in [0.717, 1.165) is 0 Å². The summed E-state index contributed by atoms with van der Waals surface area (Å²) in [7, 11) is 1.63. The van der Waals surface area contributed by atoms with Gasteiger partial charge in [0, 0.05) is 13.5 Å². The second-order valence-electron chi connectivity index (χ2n) is 10.4. The first-order chi connectivity index (χ1) is 20.8. The monoisotopic (exact) mass is 691 g/mol. The van der Waals surface area contributed by atoms with Gasteiger partial charge in [-0.25, -0.2) is 28.9 Å². The third-order valence-corrected chi connectivity index (χ3v) is 10.9. The van der Waals surface area contributed by atoms with Crippen LogP contribution in [0.3, 0.4) is 0 Å². The highest BCUT2D eigenvalue weighted by molar-refractivity contribution is 8.44. The van der Waals surface area contributed by atoms with Gasteiger partial charge in [0.1, 0.15) is 48.2 Å². The highest BCUT2D eigenvalue weighted by atomic mass is 32.7. The van der Waals surface area contributed by atoms with Crippen LogP contribution in [-0.4, -0.2) is 91.9 Å². The molecule has 2 bridgehead atoms. The van der Waals surface area contributed by atoms with Crippen LogP contribution in [0.15, 0.2) is 30.1 Å². The number of ether oxygens (including phenoxy) is 1. The molecular formula is C21H24FN9O9P2S2. The van der Waals surface area contributed by atoms with Crippen LogP contribution in [0.25, 0.3) is 22.3 Å². The first-order valence-corrected chi connectivity index (χ1v) is 18.3. The SMILES string of the molecule is Cn1cnc(=O)c2ncn([C@@H]3C[C@@H]4OP(O)(=S)O[C@H]5[C@@H](F)[C@H](n6cnc7c(N)ncnc76)O[C@@H]5COP(=O)(S)O[C@@H]3[C@@H]4O)c21. The van der Waals surface area contributed by atoms with Gasteiger partial charge in [0.2, 0.25) is 0 Å². The van der Waals surface area contributed by atoms with E-state index in [2.05, 4.69) is 37.2 Å². The van der Waals surface area contributed by atoms with Crippen LogP contribution in [0.2, 0.25) is 0 Å². The van der Waals surface area contributed by atoms with Crippen LogP contribution >= 0.6 is 25.8 Å². The zero-order chi connectivity index (χ0) is 31.1. The molecule has 4 N–H and O–H groups in total. The summed E-state index contributed by atoms with van der Waals surface area (Å²) in [5.74, 6) is 0.0649. The van der Waals surface area contributed by atoms with Gasteiger partial charge in [0.15, 0.2) is 29.4 Å². The average molecular weight is 692 g/mol. The molecule has 2 saturated heterocycles. The molecule has 0 radical (unpaired) electrons. The van der Waals surface area contributed by atoms with Crippen molar-refractivity contribution in [1.82, 2.24) is 38.6 Å². The molecular weight excluding hydrogens is 667 g/mol. The molecule has 236 valence electrons. The minimum Gasteiger partial charge on any atom is -0.388 e. The minimum atomic E-state index is -4.30. The number of aliphatic hydroxyl groups is 1. The number of halogens is 1. The largest absolute Gasteiger partial charge is 0.388 e. The van der Waals surface area contributed by atoms with Crippen LogP contribution in [0.1, 0.15) is 18.7 Å². The average Bonchev–Trinajstić information content (AvgIpc) is 3.72. The topological polar surface area (TPSA) is 226 Å². The Morgan fingerprint density at radius 2 is 1.82 bits per heavy atom. The second-order valence-corrected chi connectivity index (χ2v) is 16.0. The highest BCUT2D eigenvalue weighted by Gasteiger charge is 2.54. The molecule has 6 heterocycles. The van der Waals surface area contributed by atoms with E-state index in [1.165, 1.54) is 39.0 Å². The summed E-state index contributed by atoms with van der Waals surface area (Å²) >= 11 is 9.35. The number of thiol groups is 1. The summed E-state index contributed by atoms with van der Waals surface area (Å²) < 4.78 is 62.4. The van der Waals surface area contributed by atoms with Crippen molar-refractivity contribution in [3.63, 3.8) is 0 Å². The Labute approximate surface area is 256 Å². The Hall–Kier alpha value is -2.42. The Morgan fingerprint density at radius 3 is 2.61 bits per heavy atom. The second kappa shape index (κ2) is 10.8. The molecule has 18 nitrogen and oxygen atoms in total. The molecule has 0 spiro atoms. The maximum atomic E-state index is 16.1. The van der Waals surface area contributed by atoms with Gasteiger partial charge in [-0.2, -0.15) is 4.98 Å². The van der Waals surface area contributed by atoms with Gasteiger partial charge in [-0.05, 0) is 11.8 Å². The molecule has 3 fully saturated rings. The number of imidazole rings is 2. The van der Waals surface area contributed by atoms with Crippen molar-refractivity contribution >= 4 is 65.7 Å².